The van der Waals surface area contributed by atoms with E-state index in [1.54, 1.807) is 6.92 Å². The zero-order chi connectivity index (χ0) is 21.7. The number of H-pyrrole nitrogens is 1. The van der Waals surface area contributed by atoms with E-state index in [0.717, 1.165) is 12.0 Å². The number of hydrogen-bond donors (Lipinski definition) is 1. The van der Waals surface area contributed by atoms with Crippen LogP contribution in [0.1, 0.15) is 41.5 Å². The van der Waals surface area contributed by atoms with Crippen LogP contribution in [0.25, 0.3) is 11.2 Å². The summed E-state index contributed by atoms with van der Waals surface area (Å²) in [6.45, 7) is 2.23. The van der Waals surface area contributed by atoms with Crippen molar-refractivity contribution in [2.24, 2.45) is 7.05 Å². The highest BCUT2D eigenvalue weighted by Crippen LogP contribution is 2.37. The summed E-state index contributed by atoms with van der Waals surface area (Å²) in [6, 6.07) is 7.57. The highest BCUT2D eigenvalue weighted by Gasteiger charge is 2.31. The first kappa shape index (κ1) is 19.7. The van der Waals surface area contributed by atoms with E-state index in [4.69, 9.17) is 20.9 Å². The first-order chi connectivity index (χ1) is 14.9. The summed E-state index contributed by atoms with van der Waals surface area (Å²) in [5.41, 5.74) is 0.761. The number of halogens is 1. The molecule has 5 rings (SSSR count). The van der Waals surface area contributed by atoms with Gasteiger partial charge in [-0.1, -0.05) is 28.9 Å². The minimum absolute atomic E-state index is 0.0119. The summed E-state index contributed by atoms with van der Waals surface area (Å²) in [5, 5.41) is 4.78. The number of aromatic amines is 1. The predicted octanol–water partition coefficient (Wildman–Crippen LogP) is 2.06. The van der Waals surface area contributed by atoms with Gasteiger partial charge >= 0.3 is 5.69 Å². The third-order valence-electron chi connectivity index (χ3n) is 5.58. The summed E-state index contributed by atoms with van der Waals surface area (Å²) >= 11 is 5.96. The maximum Gasteiger partial charge on any atom is 0.327 e. The number of imidazole rings is 1. The Labute approximate surface area is 180 Å². The highest BCUT2D eigenvalue weighted by atomic mass is 35.5. The van der Waals surface area contributed by atoms with E-state index in [1.807, 2.05) is 24.3 Å². The molecular weight excluding hydrogens is 424 g/mol. The van der Waals surface area contributed by atoms with Gasteiger partial charge in [0.1, 0.15) is 12.4 Å². The molecule has 31 heavy (non-hydrogen) atoms. The molecule has 0 bridgehead atoms. The lowest BCUT2D eigenvalue weighted by Gasteiger charge is -2.09. The van der Waals surface area contributed by atoms with Crippen LogP contribution in [0.4, 0.5) is 0 Å². The van der Waals surface area contributed by atoms with Gasteiger partial charge in [0.15, 0.2) is 17.0 Å². The van der Waals surface area contributed by atoms with Gasteiger partial charge in [0.2, 0.25) is 5.89 Å². The summed E-state index contributed by atoms with van der Waals surface area (Å²) < 4.78 is 14.0. The smallest absolute Gasteiger partial charge is 0.327 e. The largest absolute Gasteiger partial charge is 0.373 e. The van der Waals surface area contributed by atoms with Crippen molar-refractivity contribution in [3.63, 3.8) is 0 Å². The van der Waals surface area contributed by atoms with Gasteiger partial charge in [-0.25, -0.2) is 9.78 Å². The minimum Gasteiger partial charge on any atom is -0.373 e. The number of rotatable bonds is 4. The van der Waals surface area contributed by atoms with Crippen LogP contribution in [0.3, 0.4) is 0 Å². The van der Waals surface area contributed by atoms with Gasteiger partial charge in [-0.05, 0) is 31.0 Å². The maximum absolute atomic E-state index is 12.9. The van der Waals surface area contributed by atoms with E-state index in [2.05, 4.69) is 20.1 Å². The molecule has 1 fully saturated rings. The Morgan fingerprint density at radius 2 is 2.00 bits per heavy atom. The Hall–Kier alpha value is -3.24. The Kier molecular flexibility index (Phi) is 4.75. The van der Waals surface area contributed by atoms with Gasteiger partial charge in [0.05, 0.1) is 12.7 Å². The lowest BCUT2D eigenvalue weighted by Crippen LogP contribution is -2.26. The number of aryl methyl sites for hydroxylation is 2. The molecule has 2 atom stereocenters. The van der Waals surface area contributed by atoms with Crippen LogP contribution < -0.4 is 11.2 Å². The van der Waals surface area contributed by atoms with Gasteiger partial charge in [0.25, 0.3) is 5.56 Å². The molecule has 1 saturated heterocycles. The predicted molar refractivity (Wildman–Crippen MR) is 111 cm³/mol. The van der Waals surface area contributed by atoms with Crippen molar-refractivity contribution in [2.75, 3.05) is 6.61 Å². The quantitative estimate of drug-likeness (QED) is 0.513. The second-order valence-corrected chi connectivity index (χ2v) is 8.03. The molecule has 11 heteroatoms. The van der Waals surface area contributed by atoms with Crippen LogP contribution in [0.2, 0.25) is 5.02 Å². The highest BCUT2D eigenvalue weighted by molar-refractivity contribution is 6.30. The molecule has 1 N–H and O–H groups in total. The maximum atomic E-state index is 12.9. The van der Waals surface area contributed by atoms with E-state index in [1.165, 1.54) is 16.2 Å². The van der Waals surface area contributed by atoms with Gasteiger partial charge in [-0.3, -0.25) is 18.9 Å². The fourth-order valence-corrected chi connectivity index (χ4v) is 3.99. The molecule has 4 aromatic rings. The average molecular weight is 443 g/mol. The molecule has 0 saturated carbocycles. The Balaban J connectivity index is 1.37. The van der Waals surface area contributed by atoms with Crippen molar-refractivity contribution in [1.29, 1.82) is 0 Å². The average Bonchev–Trinajstić information content (AvgIpc) is 3.46. The summed E-state index contributed by atoms with van der Waals surface area (Å²) in [4.78, 5) is 36.1. The second kappa shape index (κ2) is 7.47. The van der Waals surface area contributed by atoms with Crippen molar-refractivity contribution in [3.8, 4) is 0 Å². The number of fused-ring (bicyclic) bond motifs is 1. The normalized spacial score (nSPS) is 18.8. The first-order valence-corrected chi connectivity index (χ1v) is 10.1. The Morgan fingerprint density at radius 1 is 1.23 bits per heavy atom. The van der Waals surface area contributed by atoms with Gasteiger partial charge in [-0.15, -0.1) is 0 Å². The number of aromatic nitrogens is 6. The van der Waals surface area contributed by atoms with Crippen LogP contribution in [0, 0.1) is 6.92 Å². The van der Waals surface area contributed by atoms with Gasteiger partial charge < -0.3 is 9.26 Å². The molecule has 10 nitrogen and oxygen atoms in total. The fourth-order valence-electron chi connectivity index (χ4n) is 3.86. The van der Waals surface area contributed by atoms with Crippen molar-refractivity contribution in [3.05, 3.63) is 73.2 Å². The monoisotopic (exact) mass is 442 g/mol. The van der Waals surface area contributed by atoms with E-state index < -0.39 is 5.69 Å². The first-order valence-electron chi connectivity index (χ1n) is 9.76. The van der Waals surface area contributed by atoms with E-state index >= 15 is 0 Å². The van der Waals surface area contributed by atoms with Crippen molar-refractivity contribution < 1.29 is 9.26 Å². The van der Waals surface area contributed by atoms with Crippen LogP contribution in [-0.4, -0.2) is 35.8 Å². The third-order valence-corrected chi connectivity index (χ3v) is 5.83. The standard InChI is InChI=1S/C20H19ClN6O4/c1-10-22-18-16(26(2)20(29)24-18)19(28)27(10)8-15-23-17(25-31-15)12-7-14(30-9-12)11-3-5-13(21)6-4-11/h3-6,12,14H,7-9H2,1-2H3,(H,24,29)/t12-,14+/m0/s1. The molecule has 0 radical (unpaired) electrons. The van der Waals surface area contributed by atoms with E-state index in [0.29, 0.717) is 23.3 Å². The zero-order valence-corrected chi connectivity index (χ0v) is 17.6. The summed E-state index contributed by atoms with van der Waals surface area (Å²) in [5.74, 6) is 1.25. The summed E-state index contributed by atoms with van der Waals surface area (Å²) in [6.07, 6.45) is 0.661. The van der Waals surface area contributed by atoms with Crippen LogP contribution in [-0.2, 0) is 18.3 Å². The van der Waals surface area contributed by atoms with Crippen molar-refractivity contribution >= 4 is 22.8 Å². The van der Waals surface area contributed by atoms with Crippen LogP contribution in [0.15, 0.2) is 38.4 Å². The molecule has 0 spiro atoms. The Morgan fingerprint density at radius 3 is 2.77 bits per heavy atom. The third kappa shape index (κ3) is 3.47. The number of nitrogens with one attached hydrogen (secondary N) is 1. The van der Waals surface area contributed by atoms with Gasteiger partial charge in [0, 0.05) is 18.0 Å². The molecular formula is C20H19ClN6O4. The number of nitrogens with zero attached hydrogens (tertiary/aromatic N) is 5. The number of benzene rings is 1. The van der Waals surface area contributed by atoms with Crippen molar-refractivity contribution in [1.82, 2.24) is 29.2 Å². The van der Waals surface area contributed by atoms with Crippen LogP contribution >= 0.6 is 11.6 Å². The molecule has 1 aliphatic heterocycles. The molecule has 4 heterocycles. The SMILES string of the molecule is Cc1nc2[nH]c(=O)n(C)c2c(=O)n1Cc1nc([C@@H]2CO[C@@H](c3ccc(Cl)cc3)C2)no1. The van der Waals surface area contributed by atoms with Gasteiger partial charge in [-0.2, -0.15) is 4.98 Å². The molecule has 0 amide bonds. The molecule has 160 valence electrons. The zero-order valence-electron chi connectivity index (χ0n) is 16.8. The second-order valence-electron chi connectivity index (χ2n) is 7.59. The molecule has 0 aliphatic carbocycles. The lowest BCUT2D eigenvalue weighted by molar-refractivity contribution is 0.110. The molecule has 0 unspecified atom stereocenters. The Bertz CT molecular complexity index is 1380. The van der Waals surface area contributed by atoms with Crippen LogP contribution in [0.5, 0.6) is 0 Å². The van der Waals surface area contributed by atoms with Crippen molar-refractivity contribution in [2.45, 2.75) is 31.9 Å². The molecule has 1 aliphatic rings. The lowest BCUT2D eigenvalue weighted by atomic mass is 10.0. The van der Waals surface area contributed by atoms with E-state index in [9.17, 15) is 9.59 Å². The summed E-state index contributed by atoms with van der Waals surface area (Å²) in [7, 11) is 1.52. The number of hydrogen-bond acceptors (Lipinski definition) is 7. The topological polar surface area (TPSA) is 121 Å². The molecule has 1 aromatic carbocycles. The van der Waals surface area contributed by atoms with E-state index in [-0.39, 0.29) is 41.2 Å². The minimum atomic E-state index is -0.395. The fraction of sp³-hybridized carbons (Fsp3) is 0.350. The molecule has 3 aromatic heterocycles. The number of ether oxygens (including phenoxy) is 1.